The number of nitro groups is 1. The number of benzene rings is 2. The lowest BCUT2D eigenvalue weighted by molar-refractivity contribution is -0.385. The number of hydrogen-bond acceptors (Lipinski definition) is 6. The van der Waals surface area contributed by atoms with Crippen molar-refractivity contribution in [2.45, 2.75) is 4.90 Å². The van der Waals surface area contributed by atoms with E-state index >= 15 is 0 Å². The Bertz CT molecular complexity index is 932. The number of sulfonamides is 1. The number of nitrogens with zero attached hydrogens (tertiary/aromatic N) is 2. The van der Waals surface area contributed by atoms with Crippen molar-refractivity contribution < 1.29 is 13.3 Å². The van der Waals surface area contributed by atoms with Crippen molar-refractivity contribution in [2.75, 3.05) is 5.43 Å². The maximum absolute atomic E-state index is 11.6. The first kappa shape index (κ1) is 18.1. The topological polar surface area (TPSA) is 128 Å². The zero-order valence-electron chi connectivity index (χ0n) is 11.8. The molecule has 3 N–H and O–H groups in total. The van der Waals surface area contributed by atoms with Gasteiger partial charge in [-0.2, -0.15) is 5.10 Å². The van der Waals surface area contributed by atoms with Gasteiger partial charge in [0, 0.05) is 22.7 Å². The lowest BCUT2D eigenvalue weighted by Crippen LogP contribution is -2.14. The molecule has 8 nitrogen and oxygen atoms in total. The Labute approximate surface area is 147 Å². The normalized spacial score (nSPS) is 11.6. The molecule has 0 spiro atoms. The van der Waals surface area contributed by atoms with Gasteiger partial charge in [-0.15, -0.1) is 0 Å². The molecule has 0 saturated carbocycles. The van der Waals surface area contributed by atoms with E-state index in [1.165, 1.54) is 18.3 Å². The van der Waals surface area contributed by atoms with Crippen LogP contribution in [0, 0.1) is 10.1 Å². The molecule has 0 unspecified atom stereocenters. The number of halogens is 2. The van der Waals surface area contributed by atoms with Crippen LogP contribution in [0.5, 0.6) is 0 Å². The second-order valence-corrected chi connectivity index (χ2v) is 6.89. The van der Waals surface area contributed by atoms with Gasteiger partial charge in [0.25, 0.3) is 5.69 Å². The summed E-state index contributed by atoms with van der Waals surface area (Å²) in [5.74, 6) is 0. The lowest BCUT2D eigenvalue weighted by Gasteiger charge is -2.07. The van der Waals surface area contributed by atoms with Gasteiger partial charge in [0.15, 0.2) is 0 Å². The van der Waals surface area contributed by atoms with Gasteiger partial charge in [0.1, 0.15) is 4.90 Å². The van der Waals surface area contributed by atoms with Crippen LogP contribution in [-0.4, -0.2) is 19.6 Å². The Morgan fingerprint density at radius 1 is 1.21 bits per heavy atom. The third kappa shape index (κ3) is 4.42. The molecule has 0 fully saturated rings. The van der Waals surface area contributed by atoms with E-state index in [-0.39, 0.29) is 5.69 Å². The number of hydrogen-bond donors (Lipinski definition) is 2. The third-order valence-corrected chi connectivity index (χ3v) is 4.35. The van der Waals surface area contributed by atoms with E-state index in [4.69, 9.17) is 28.3 Å². The molecule has 0 bridgehead atoms. The molecule has 0 atom stereocenters. The van der Waals surface area contributed by atoms with Crippen LogP contribution in [0.25, 0.3) is 0 Å². The molecule has 126 valence electrons. The molecule has 24 heavy (non-hydrogen) atoms. The summed E-state index contributed by atoms with van der Waals surface area (Å²) >= 11 is 11.8. The van der Waals surface area contributed by atoms with Crippen LogP contribution in [-0.2, 0) is 10.0 Å². The van der Waals surface area contributed by atoms with Crippen molar-refractivity contribution in [3.63, 3.8) is 0 Å². The molecule has 0 aromatic heterocycles. The van der Waals surface area contributed by atoms with Crippen molar-refractivity contribution in [2.24, 2.45) is 10.2 Å². The van der Waals surface area contributed by atoms with Crippen LogP contribution in [0.3, 0.4) is 0 Å². The molecule has 0 heterocycles. The molecule has 0 amide bonds. The summed E-state index contributed by atoms with van der Waals surface area (Å²) in [6.07, 6.45) is 1.34. The SMILES string of the molecule is NS(=O)(=O)c1cc([N+](=O)[O-])ccc1N/N=C\c1ccc(Cl)cc1Cl. The predicted molar refractivity (Wildman–Crippen MR) is 92.1 cm³/mol. The van der Waals surface area contributed by atoms with E-state index in [0.29, 0.717) is 15.6 Å². The van der Waals surface area contributed by atoms with Crippen LogP contribution in [0.4, 0.5) is 11.4 Å². The minimum absolute atomic E-state index is 0.00978. The molecular weight excluding hydrogens is 379 g/mol. The zero-order chi connectivity index (χ0) is 17.9. The first-order chi connectivity index (χ1) is 11.2. The summed E-state index contributed by atoms with van der Waals surface area (Å²) in [5.41, 5.74) is 2.59. The Balaban J connectivity index is 2.32. The van der Waals surface area contributed by atoms with Crippen LogP contribution in [0.15, 0.2) is 46.4 Å². The van der Waals surface area contributed by atoms with Crippen molar-refractivity contribution in [3.05, 3.63) is 62.1 Å². The maximum atomic E-state index is 11.6. The van der Waals surface area contributed by atoms with Crippen LogP contribution in [0.2, 0.25) is 10.0 Å². The summed E-state index contributed by atoms with van der Waals surface area (Å²) in [6, 6.07) is 7.91. The number of rotatable bonds is 5. The number of non-ortho nitro benzene ring substituents is 1. The monoisotopic (exact) mass is 388 g/mol. The van der Waals surface area contributed by atoms with E-state index < -0.39 is 25.5 Å². The molecule has 0 aliphatic rings. The maximum Gasteiger partial charge on any atom is 0.270 e. The van der Waals surface area contributed by atoms with Gasteiger partial charge in [-0.25, -0.2) is 13.6 Å². The number of hydrazone groups is 1. The number of nitro benzene ring substituents is 1. The Hall–Kier alpha value is -2.20. The van der Waals surface area contributed by atoms with E-state index in [9.17, 15) is 18.5 Å². The van der Waals surface area contributed by atoms with Gasteiger partial charge >= 0.3 is 0 Å². The van der Waals surface area contributed by atoms with Gasteiger partial charge in [-0.1, -0.05) is 29.3 Å². The highest BCUT2D eigenvalue weighted by Gasteiger charge is 2.18. The largest absolute Gasteiger partial charge is 0.277 e. The van der Waals surface area contributed by atoms with Crippen LogP contribution in [0.1, 0.15) is 5.56 Å². The van der Waals surface area contributed by atoms with Crippen LogP contribution >= 0.6 is 23.2 Å². The molecule has 2 rings (SSSR count). The molecule has 2 aromatic rings. The van der Waals surface area contributed by atoms with Gasteiger partial charge < -0.3 is 0 Å². The lowest BCUT2D eigenvalue weighted by atomic mass is 10.2. The van der Waals surface area contributed by atoms with E-state index in [1.807, 2.05) is 0 Å². The van der Waals surface area contributed by atoms with Gasteiger partial charge in [0.05, 0.1) is 21.8 Å². The Morgan fingerprint density at radius 3 is 2.50 bits per heavy atom. The fourth-order valence-corrected chi connectivity index (χ4v) is 2.89. The molecule has 0 aliphatic heterocycles. The highest BCUT2D eigenvalue weighted by Crippen LogP contribution is 2.25. The third-order valence-electron chi connectivity index (χ3n) is 2.83. The summed E-state index contributed by atoms with van der Waals surface area (Å²) in [5, 5.41) is 20.5. The molecule has 0 aliphatic carbocycles. The Morgan fingerprint density at radius 2 is 1.92 bits per heavy atom. The Kier molecular flexibility index (Phi) is 5.40. The van der Waals surface area contributed by atoms with Gasteiger partial charge in [-0.3, -0.25) is 15.5 Å². The van der Waals surface area contributed by atoms with E-state index in [0.717, 1.165) is 12.1 Å². The van der Waals surface area contributed by atoms with Crippen molar-refractivity contribution in [3.8, 4) is 0 Å². The number of primary sulfonamides is 1. The quantitative estimate of drug-likeness (QED) is 0.462. The predicted octanol–water partition coefficient (Wildman–Crippen LogP) is 3.00. The standard InChI is InChI=1S/C13H10Cl2N4O4S/c14-9-2-1-8(11(15)5-9)7-17-18-12-4-3-10(19(20)21)6-13(12)24(16,22)23/h1-7,18H,(H2,16,22,23)/b17-7-. The number of nitrogens with two attached hydrogens (primary N) is 1. The smallest absolute Gasteiger partial charge is 0.270 e. The summed E-state index contributed by atoms with van der Waals surface area (Å²) in [6.45, 7) is 0. The fraction of sp³-hybridized carbons (Fsp3) is 0. The summed E-state index contributed by atoms with van der Waals surface area (Å²) in [7, 11) is -4.18. The van der Waals surface area contributed by atoms with Crippen molar-refractivity contribution in [1.82, 2.24) is 0 Å². The van der Waals surface area contributed by atoms with E-state index in [1.54, 1.807) is 12.1 Å². The van der Waals surface area contributed by atoms with Gasteiger partial charge in [0.2, 0.25) is 10.0 Å². The zero-order valence-corrected chi connectivity index (χ0v) is 14.1. The second kappa shape index (κ2) is 7.14. The van der Waals surface area contributed by atoms with Crippen molar-refractivity contribution >= 4 is 50.8 Å². The minimum Gasteiger partial charge on any atom is -0.277 e. The highest BCUT2D eigenvalue weighted by atomic mass is 35.5. The average molecular weight is 389 g/mol. The second-order valence-electron chi connectivity index (χ2n) is 4.52. The molecule has 0 saturated heterocycles. The highest BCUT2D eigenvalue weighted by molar-refractivity contribution is 7.89. The van der Waals surface area contributed by atoms with Crippen LogP contribution < -0.4 is 10.6 Å². The first-order valence-electron chi connectivity index (χ1n) is 6.24. The van der Waals surface area contributed by atoms with Gasteiger partial charge in [-0.05, 0) is 18.2 Å². The molecule has 11 heteroatoms. The summed E-state index contributed by atoms with van der Waals surface area (Å²) < 4.78 is 23.2. The van der Waals surface area contributed by atoms with Crippen molar-refractivity contribution in [1.29, 1.82) is 0 Å². The van der Waals surface area contributed by atoms with E-state index in [2.05, 4.69) is 10.5 Å². The molecular formula is C13H10Cl2N4O4S. The number of anilines is 1. The summed E-state index contributed by atoms with van der Waals surface area (Å²) in [4.78, 5) is 9.57. The number of nitrogens with one attached hydrogen (secondary N) is 1. The first-order valence-corrected chi connectivity index (χ1v) is 8.54. The minimum atomic E-state index is -4.18. The molecule has 0 radical (unpaired) electrons. The molecule has 2 aromatic carbocycles. The average Bonchev–Trinajstić information content (AvgIpc) is 2.48. The fourth-order valence-electron chi connectivity index (χ4n) is 1.73.